The highest BCUT2D eigenvalue weighted by Gasteiger charge is 2.64. The minimum absolute atomic E-state index is 0.0690. The van der Waals surface area contributed by atoms with Gasteiger partial charge in [0.1, 0.15) is 0 Å². The van der Waals surface area contributed by atoms with Crippen LogP contribution in [0.1, 0.15) is 73.1 Å². The van der Waals surface area contributed by atoms with Gasteiger partial charge in [-0.1, -0.05) is 39.3 Å². The molecule has 0 spiro atoms. The molecule has 7 atom stereocenters. The Balaban J connectivity index is 1.74. The molecule has 0 heterocycles. The second kappa shape index (κ2) is 7.30. The largest absolute Gasteiger partial charge is 0.317 e. The van der Waals surface area contributed by atoms with Crippen molar-refractivity contribution in [2.75, 3.05) is 21.1 Å². The van der Waals surface area contributed by atoms with Crippen LogP contribution in [0.15, 0.2) is 23.3 Å². The van der Waals surface area contributed by atoms with Gasteiger partial charge in [0.25, 0.3) is 0 Å². The quantitative estimate of drug-likeness (QED) is 0.689. The van der Waals surface area contributed by atoms with Gasteiger partial charge in [0.15, 0.2) is 5.78 Å². The number of carbonyl (C=O) groups is 1. The van der Waals surface area contributed by atoms with Crippen LogP contribution in [-0.2, 0) is 4.79 Å². The maximum Gasteiger partial charge on any atom is 0.162 e. The van der Waals surface area contributed by atoms with Gasteiger partial charge >= 0.3 is 0 Å². The summed E-state index contributed by atoms with van der Waals surface area (Å²) in [5.41, 5.74) is 3.06. The van der Waals surface area contributed by atoms with Crippen LogP contribution in [0.25, 0.3) is 0 Å². The minimum atomic E-state index is -0.251. The fourth-order valence-corrected chi connectivity index (χ4v) is 8.54. The molecule has 0 aromatic heterocycles. The lowest BCUT2D eigenvalue weighted by Crippen LogP contribution is -2.54. The second-order valence-corrected chi connectivity index (χ2v) is 12.1. The maximum absolute atomic E-state index is 13.7. The third-order valence-corrected chi connectivity index (χ3v) is 10.6. The SMILES string of the molecule is CN[C@H](C)[C@H]1CC[C@@]2(C)[C@H]3CC[C@@H]4C(=CC3=CC(=O)[C@]12C)CC[C@H](N(C)C)C4(C)C. The number of allylic oxidation sites excluding steroid dienone is 4. The van der Waals surface area contributed by atoms with Gasteiger partial charge in [0, 0.05) is 17.5 Å². The lowest BCUT2D eigenvalue weighted by Gasteiger charge is -2.52. The van der Waals surface area contributed by atoms with E-state index < -0.39 is 0 Å². The molecule has 30 heavy (non-hydrogen) atoms. The van der Waals surface area contributed by atoms with Gasteiger partial charge in [-0.2, -0.15) is 0 Å². The van der Waals surface area contributed by atoms with Crippen LogP contribution in [0.2, 0.25) is 0 Å². The lowest BCUT2D eigenvalue weighted by molar-refractivity contribution is -0.136. The van der Waals surface area contributed by atoms with Crippen molar-refractivity contribution in [2.45, 2.75) is 85.2 Å². The van der Waals surface area contributed by atoms with Crippen molar-refractivity contribution in [2.24, 2.45) is 34.0 Å². The Morgan fingerprint density at radius 2 is 1.70 bits per heavy atom. The second-order valence-electron chi connectivity index (χ2n) is 12.1. The van der Waals surface area contributed by atoms with Crippen LogP contribution in [0.5, 0.6) is 0 Å². The lowest BCUT2D eigenvalue weighted by atomic mass is 9.51. The molecule has 0 amide bonds. The number of hydrogen-bond donors (Lipinski definition) is 1. The Hall–Kier alpha value is -0.930. The van der Waals surface area contributed by atoms with Gasteiger partial charge in [-0.05, 0) is 107 Å². The molecule has 4 aliphatic carbocycles. The van der Waals surface area contributed by atoms with E-state index in [9.17, 15) is 4.79 Å². The molecule has 2 fully saturated rings. The molecule has 0 unspecified atom stereocenters. The average Bonchev–Trinajstić information content (AvgIpc) is 2.83. The third kappa shape index (κ3) is 2.87. The molecule has 3 heteroatoms. The predicted octanol–water partition coefficient (Wildman–Crippen LogP) is 5.23. The number of hydrogen-bond acceptors (Lipinski definition) is 3. The van der Waals surface area contributed by atoms with Gasteiger partial charge in [0.05, 0.1) is 0 Å². The zero-order chi connectivity index (χ0) is 22.1. The number of nitrogens with one attached hydrogen (secondary N) is 1. The molecule has 0 aromatic rings. The molecule has 4 rings (SSSR count). The summed E-state index contributed by atoms with van der Waals surface area (Å²) in [6.07, 6.45) is 11.8. The number of fused-ring (bicyclic) bond motifs is 4. The molecule has 0 bridgehead atoms. The Kier molecular flexibility index (Phi) is 5.42. The predicted molar refractivity (Wildman–Crippen MR) is 125 cm³/mol. The summed E-state index contributed by atoms with van der Waals surface area (Å²) in [5.74, 6) is 1.95. The molecule has 0 radical (unpaired) electrons. The molecular formula is C27H44N2O. The van der Waals surface area contributed by atoms with Crippen molar-refractivity contribution in [1.82, 2.24) is 10.2 Å². The Bertz CT molecular complexity index is 778. The third-order valence-electron chi connectivity index (χ3n) is 10.6. The monoisotopic (exact) mass is 412 g/mol. The van der Waals surface area contributed by atoms with Crippen molar-refractivity contribution < 1.29 is 4.79 Å². The van der Waals surface area contributed by atoms with Crippen LogP contribution < -0.4 is 5.32 Å². The maximum atomic E-state index is 13.7. The van der Waals surface area contributed by atoms with Crippen LogP contribution >= 0.6 is 0 Å². The van der Waals surface area contributed by atoms with Gasteiger partial charge in [-0.15, -0.1) is 0 Å². The van der Waals surface area contributed by atoms with Gasteiger partial charge in [-0.25, -0.2) is 0 Å². The summed E-state index contributed by atoms with van der Waals surface area (Å²) in [5, 5.41) is 3.46. The molecule has 2 saturated carbocycles. The fraction of sp³-hybridized carbons (Fsp3) is 0.815. The summed E-state index contributed by atoms with van der Waals surface area (Å²) in [6.45, 7) is 12.0. The van der Waals surface area contributed by atoms with E-state index in [1.54, 1.807) is 5.57 Å². The van der Waals surface area contributed by atoms with Gasteiger partial charge < -0.3 is 10.2 Å². The van der Waals surface area contributed by atoms with Crippen LogP contribution in [0.3, 0.4) is 0 Å². The highest BCUT2D eigenvalue weighted by Crippen LogP contribution is 2.66. The normalized spacial score (nSPS) is 43.8. The van der Waals surface area contributed by atoms with E-state index in [2.05, 4.69) is 71.1 Å². The Morgan fingerprint density at radius 1 is 1.03 bits per heavy atom. The number of nitrogens with zero attached hydrogens (tertiary/aromatic N) is 1. The van der Waals surface area contributed by atoms with E-state index in [-0.39, 0.29) is 16.2 Å². The summed E-state index contributed by atoms with van der Waals surface area (Å²) in [7, 11) is 6.53. The zero-order valence-corrected chi connectivity index (χ0v) is 20.6. The van der Waals surface area contributed by atoms with E-state index >= 15 is 0 Å². The van der Waals surface area contributed by atoms with Crippen LogP contribution in [0.4, 0.5) is 0 Å². The first kappa shape index (κ1) is 22.3. The van der Waals surface area contributed by atoms with Crippen LogP contribution in [0, 0.1) is 34.0 Å². The molecule has 0 saturated heterocycles. The number of ketones is 1. The summed E-state index contributed by atoms with van der Waals surface area (Å²) >= 11 is 0. The Labute approximate surface area is 184 Å². The molecule has 3 nitrogen and oxygen atoms in total. The van der Waals surface area contributed by atoms with Crippen molar-refractivity contribution in [3.8, 4) is 0 Å². The van der Waals surface area contributed by atoms with E-state index in [0.717, 1.165) is 6.42 Å². The number of carbonyl (C=O) groups excluding carboxylic acids is 1. The Morgan fingerprint density at radius 3 is 2.33 bits per heavy atom. The number of rotatable bonds is 3. The van der Waals surface area contributed by atoms with E-state index in [4.69, 9.17) is 0 Å². The summed E-state index contributed by atoms with van der Waals surface area (Å²) < 4.78 is 0. The van der Waals surface area contributed by atoms with E-state index in [0.29, 0.717) is 35.6 Å². The molecule has 1 N–H and O–H groups in total. The highest BCUT2D eigenvalue weighted by atomic mass is 16.1. The first-order valence-corrected chi connectivity index (χ1v) is 12.3. The van der Waals surface area contributed by atoms with Crippen molar-refractivity contribution >= 4 is 5.78 Å². The summed E-state index contributed by atoms with van der Waals surface area (Å²) in [4.78, 5) is 16.1. The molecule has 168 valence electrons. The smallest absolute Gasteiger partial charge is 0.162 e. The van der Waals surface area contributed by atoms with Crippen LogP contribution in [-0.4, -0.2) is 43.9 Å². The standard InChI is InChI=1S/C27H44N2O/c1-17(28-6)20-13-14-26(4)22-11-10-21-18(9-12-23(29(7)8)25(21,2)3)15-19(22)16-24(30)27(20,26)5/h15-17,20-23,28H,9-14H2,1-8H3/t17-,20-,21-,22+,23+,26+,27+/m1/s1. The molecule has 4 aliphatic rings. The first-order chi connectivity index (χ1) is 14.0. The molecule has 0 aromatic carbocycles. The highest BCUT2D eigenvalue weighted by molar-refractivity contribution is 5.98. The van der Waals surface area contributed by atoms with Crippen molar-refractivity contribution in [3.63, 3.8) is 0 Å². The molecular weight excluding hydrogens is 368 g/mol. The zero-order valence-electron chi connectivity index (χ0n) is 20.6. The minimum Gasteiger partial charge on any atom is -0.317 e. The topological polar surface area (TPSA) is 32.3 Å². The van der Waals surface area contributed by atoms with Crippen molar-refractivity contribution in [3.05, 3.63) is 23.3 Å². The summed E-state index contributed by atoms with van der Waals surface area (Å²) in [6, 6.07) is 1.01. The van der Waals surface area contributed by atoms with E-state index in [1.807, 2.05) is 7.05 Å². The van der Waals surface area contributed by atoms with Gasteiger partial charge in [0.2, 0.25) is 0 Å². The van der Waals surface area contributed by atoms with E-state index in [1.165, 1.54) is 37.7 Å². The van der Waals surface area contributed by atoms with Gasteiger partial charge in [-0.3, -0.25) is 4.79 Å². The first-order valence-electron chi connectivity index (χ1n) is 12.3. The van der Waals surface area contributed by atoms with Crippen molar-refractivity contribution in [1.29, 1.82) is 0 Å². The molecule has 0 aliphatic heterocycles. The average molecular weight is 413 g/mol. The fourth-order valence-electron chi connectivity index (χ4n) is 8.54.